The molecule has 0 fully saturated rings. The summed E-state index contributed by atoms with van der Waals surface area (Å²) in [4.78, 5) is 25.0. The van der Waals surface area contributed by atoms with Gasteiger partial charge in [0.25, 0.3) is 11.8 Å². The van der Waals surface area contributed by atoms with Crippen molar-refractivity contribution in [2.24, 2.45) is 0 Å². The molecule has 2 N–H and O–H groups in total. The van der Waals surface area contributed by atoms with Crippen molar-refractivity contribution in [2.75, 3.05) is 0 Å². The van der Waals surface area contributed by atoms with E-state index in [0.29, 0.717) is 15.6 Å². The molecule has 0 saturated heterocycles. The molecule has 27 heavy (non-hydrogen) atoms. The van der Waals surface area contributed by atoms with Crippen molar-refractivity contribution < 1.29 is 14.3 Å². The zero-order valence-electron chi connectivity index (χ0n) is 15.1. The molecule has 0 aliphatic rings. The molecule has 5 nitrogen and oxygen atoms in total. The quantitative estimate of drug-likeness (QED) is 0.635. The molecule has 0 aliphatic carbocycles. The smallest absolute Gasteiger partial charge is 0.281 e. The van der Waals surface area contributed by atoms with Crippen LogP contribution in [0.5, 0.6) is 5.75 Å². The Kier molecular flexibility index (Phi) is 5.68. The van der Waals surface area contributed by atoms with Crippen molar-refractivity contribution in [2.45, 2.75) is 26.9 Å². The van der Waals surface area contributed by atoms with Gasteiger partial charge >= 0.3 is 0 Å². The van der Waals surface area contributed by atoms with Crippen molar-refractivity contribution in [3.8, 4) is 5.75 Å². The van der Waals surface area contributed by atoms with E-state index < -0.39 is 17.9 Å². The number of hydrogen-bond acceptors (Lipinski definition) is 4. The Hall–Kier alpha value is -2.57. The van der Waals surface area contributed by atoms with Crippen molar-refractivity contribution >= 4 is 44.8 Å². The summed E-state index contributed by atoms with van der Waals surface area (Å²) in [6, 6.07) is 13.3. The Balaban J connectivity index is 1.63. The van der Waals surface area contributed by atoms with Crippen LogP contribution in [0.2, 0.25) is 5.02 Å². The molecule has 140 valence electrons. The second-order valence-electron chi connectivity index (χ2n) is 6.21. The molecule has 0 bridgehead atoms. The lowest BCUT2D eigenvalue weighted by Crippen LogP contribution is -2.47. The van der Waals surface area contributed by atoms with Gasteiger partial charge in [0.1, 0.15) is 10.6 Å². The minimum atomic E-state index is -0.774. The van der Waals surface area contributed by atoms with Crippen molar-refractivity contribution in [1.82, 2.24) is 10.9 Å². The summed E-state index contributed by atoms with van der Waals surface area (Å²) in [6.45, 7) is 5.48. The van der Waals surface area contributed by atoms with E-state index in [4.69, 9.17) is 16.3 Å². The average Bonchev–Trinajstić information content (AvgIpc) is 2.99. The number of halogens is 1. The van der Waals surface area contributed by atoms with Crippen LogP contribution in [0.4, 0.5) is 0 Å². The van der Waals surface area contributed by atoms with E-state index in [1.807, 2.05) is 56.3 Å². The van der Waals surface area contributed by atoms with Gasteiger partial charge in [0.15, 0.2) is 6.10 Å². The second kappa shape index (κ2) is 7.98. The number of amides is 2. The molecule has 1 heterocycles. The number of ether oxygens (including phenoxy) is 1. The van der Waals surface area contributed by atoms with Gasteiger partial charge in [0.2, 0.25) is 0 Å². The Morgan fingerprint density at radius 3 is 2.59 bits per heavy atom. The van der Waals surface area contributed by atoms with Crippen molar-refractivity contribution in [3.63, 3.8) is 0 Å². The molecular weight excluding hydrogens is 384 g/mol. The molecule has 0 radical (unpaired) electrons. The molecule has 1 atom stereocenters. The van der Waals surface area contributed by atoms with Crippen LogP contribution in [-0.4, -0.2) is 17.9 Å². The van der Waals surface area contributed by atoms with E-state index >= 15 is 0 Å². The highest BCUT2D eigenvalue weighted by Crippen LogP contribution is 2.34. The van der Waals surface area contributed by atoms with Gasteiger partial charge in [0.05, 0.1) is 5.02 Å². The first kappa shape index (κ1) is 19.2. The number of thiophene rings is 1. The highest BCUT2D eigenvalue weighted by molar-refractivity contribution is 7.21. The highest BCUT2D eigenvalue weighted by Gasteiger charge is 2.20. The van der Waals surface area contributed by atoms with Gasteiger partial charge in [-0.1, -0.05) is 41.9 Å². The average molecular weight is 403 g/mol. The van der Waals surface area contributed by atoms with E-state index in [1.54, 1.807) is 6.92 Å². The molecule has 7 heteroatoms. The van der Waals surface area contributed by atoms with Crippen LogP contribution in [0, 0.1) is 13.8 Å². The lowest BCUT2D eigenvalue weighted by molar-refractivity contribution is -0.128. The molecule has 0 saturated carbocycles. The lowest BCUT2D eigenvalue weighted by atomic mass is 10.1. The number of benzene rings is 2. The van der Waals surface area contributed by atoms with Crippen LogP contribution in [-0.2, 0) is 4.79 Å². The minimum Gasteiger partial charge on any atom is -0.481 e. The Morgan fingerprint density at radius 1 is 1.11 bits per heavy atom. The Bertz CT molecular complexity index is 1020. The summed E-state index contributed by atoms with van der Waals surface area (Å²) in [5.41, 5.74) is 6.76. The molecule has 1 aromatic heterocycles. The van der Waals surface area contributed by atoms with Crippen molar-refractivity contribution in [1.29, 1.82) is 0 Å². The SMILES string of the molecule is Cc1ccc(C)c(OC(C)C(=O)NNC(=O)c2sc3ccccc3c2Cl)c1. The maximum absolute atomic E-state index is 12.4. The number of rotatable bonds is 4. The number of aryl methyl sites for hydroxylation is 2. The Morgan fingerprint density at radius 2 is 1.85 bits per heavy atom. The third-order valence-electron chi connectivity index (χ3n) is 4.06. The lowest BCUT2D eigenvalue weighted by Gasteiger charge is -2.17. The fourth-order valence-electron chi connectivity index (χ4n) is 2.52. The first-order valence-corrected chi connectivity index (χ1v) is 9.57. The first-order chi connectivity index (χ1) is 12.9. The van der Waals surface area contributed by atoms with Crippen LogP contribution < -0.4 is 15.6 Å². The van der Waals surface area contributed by atoms with E-state index in [1.165, 1.54) is 11.3 Å². The topological polar surface area (TPSA) is 67.4 Å². The number of carbonyl (C=O) groups is 2. The third kappa shape index (κ3) is 4.23. The van der Waals surface area contributed by atoms with Crippen LogP contribution >= 0.6 is 22.9 Å². The number of carbonyl (C=O) groups excluding carboxylic acids is 2. The van der Waals surface area contributed by atoms with Gasteiger partial charge in [-0.3, -0.25) is 20.4 Å². The molecule has 3 rings (SSSR count). The van der Waals surface area contributed by atoms with Crippen LogP contribution in [0.25, 0.3) is 10.1 Å². The third-order valence-corrected chi connectivity index (χ3v) is 5.73. The van der Waals surface area contributed by atoms with Gasteiger partial charge in [-0.2, -0.15) is 0 Å². The summed E-state index contributed by atoms with van der Waals surface area (Å²) >= 11 is 7.55. The van der Waals surface area contributed by atoms with E-state index in [9.17, 15) is 9.59 Å². The van der Waals surface area contributed by atoms with E-state index in [0.717, 1.165) is 21.2 Å². The summed E-state index contributed by atoms with van der Waals surface area (Å²) < 4.78 is 6.62. The first-order valence-electron chi connectivity index (χ1n) is 8.38. The zero-order chi connectivity index (χ0) is 19.6. The molecule has 2 amide bonds. The molecule has 2 aromatic carbocycles. The van der Waals surface area contributed by atoms with E-state index in [-0.39, 0.29) is 0 Å². The molecular formula is C20H19ClN2O3S. The van der Waals surface area contributed by atoms with Gasteiger partial charge in [0, 0.05) is 10.1 Å². The summed E-state index contributed by atoms with van der Waals surface area (Å²) in [5.74, 6) is -0.286. The van der Waals surface area contributed by atoms with E-state index in [2.05, 4.69) is 10.9 Å². The molecule has 3 aromatic rings. The number of fused-ring (bicyclic) bond motifs is 1. The highest BCUT2D eigenvalue weighted by atomic mass is 35.5. The van der Waals surface area contributed by atoms with Gasteiger partial charge in [-0.25, -0.2) is 0 Å². The maximum Gasteiger partial charge on any atom is 0.281 e. The van der Waals surface area contributed by atoms with Gasteiger partial charge in [-0.15, -0.1) is 11.3 Å². The predicted octanol–water partition coefficient (Wildman–Crippen LogP) is 4.40. The summed E-state index contributed by atoms with van der Waals surface area (Å²) in [5, 5.41) is 1.19. The maximum atomic E-state index is 12.4. The normalized spacial score (nSPS) is 11.9. The summed E-state index contributed by atoms with van der Waals surface area (Å²) in [6.07, 6.45) is -0.774. The van der Waals surface area contributed by atoms with Crippen LogP contribution in [0.1, 0.15) is 27.7 Å². The number of nitrogens with one attached hydrogen (secondary N) is 2. The van der Waals surface area contributed by atoms with Crippen LogP contribution in [0.15, 0.2) is 42.5 Å². The predicted molar refractivity (Wildman–Crippen MR) is 108 cm³/mol. The second-order valence-corrected chi connectivity index (χ2v) is 7.64. The number of hydrazine groups is 1. The Labute approximate surface area is 166 Å². The minimum absolute atomic E-state index is 0.348. The zero-order valence-corrected chi connectivity index (χ0v) is 16.7. The number of hydrogen-bond donors (Lipinski definition) is 2. The summed E-state index contributed by atoms with van der Waals surface area (Å²) in [7, 11) is 0. The fourth-order valence-corrected chi connectivity index (χ4v) is 3.93. The molecule has 0 spiro atoms. The van der Waals surface area contributed by atoms with Crippen LogP contribution in [0.3, 0.4) is 0 Å². The largest absolute Gasteiger partial charge is 0.481 e. The van der Waals surface area contributed by atoms with Gasteiger partial charge < -0.3 is 4.74 Å². The van der Waals surface area contributed by atoms with Gasteiger partial charge in [-0.05, 0) is 44.0 Å². The molecule has 1 unspecified atom stereocenters. The molecule has 0 aliphatic heterocycles. The fraction of sp³-hybridized carbons (Fsp3) is 0.200. The van der Waals surface area contributed by atoms with Crippen molar-refractivity contribution in [3.05, 3.63) is 63.5 Å². The monoisotopic (exact) mass is 402 g/mol. The standard InChI is InChI=1S/C20H19ClN2O3S/c1-11-8-9-12(2)15(10-11)26-13(3)19(24)22-23-20(25)18-17(21)14-6-4-5-7-16(14)27-18/h4-10,13H,1-3H3,(H,22,24)(H,23,25).